The van der Waals surface area contributed by atoms with E-state index in [-0.39, 0.29) is 0 Å². The molecule has 0 fully saturated rings. The van der Waals surface area contributed by atoms with Gasteiger partial charge in [-0.2, -0.15) is 0 Å². The van der Waals surface area contributed by atoms with Crippen LogP contribution in [0.1, 0.15) is 36.9 Å². The second-order valence-corrected chi connectivity index (χ2v) is 5.87. The summed E-state index contributed by atoms with van der Waals surface area (Å²) in [5.74, 6) is 0.952. The van der Waals surface area contributed by atoms with Crippen molar-refractivity contribution in [3.05, 3.63) is 46.1 Å². The van der Waals surface area contributed by atoms with Gasteiger partial charge in [0.2, 0.25) is 0 Å². The zero-order valence-electron chi connectivity index (χ0n) is 11.1. The minimum atomic E-state index is 0.503. The largest absolute Gasteiger partial charge is 0.463 e. The molecule has 0 bridgehead atoms. The molecule has 0 radical (unpaired) electrons. The topological polar surface area (TPSA) is 25.2 Å². The Balaban J connectivity index is 1.98. The molecule has 0 saturated heterocycles. The number of halogens is 1. The Hall–Kier alpha value is -1.06. The van der Waals surface area contributed by atoms with Crippen molar-refractivity contribution in [3.8, 4) is 11.3 Å². The quantitative estimate of drug-likeness (QED) is 0.883. The van der Waals surface area contributed by atoms with E-state index in [0.717, 1.165) is 23.2 Å². The maximum absolute atomic E-state index is 5.62. The van der Waals surface area contributed by atoms with Gasteiger partial charge in [-0.15, -0.1) is 0 Å². The van der Waals surface area contributed by atoms with Crippen LogP contribution in [0.3, 0.4) is 0 Å². The molecule has 3 rings (SSSR count). The van der Waals surface area contributed by atoms with Crippen molar-refractivity contribution in [2.75, 3.05) is 6.54 Å². The zero-order valence-corrected chi connectivity index (χ0v) is 12.7. The third-order valence-corrected chi connectivity index (χ3v) is 4.40. The van der Waals surface area contributed by atoms with Gasteiger partial charge in [-0.1, -0.05) is 25.1 Å². The molecule has 1 aromatic heterocycles. The second-order valence-electron chi connectivity index (χ2n) is 5.02. The van der Waals surface area contributed by atoms with E-state index in [1.807, 2.05) is 6.07 Å². The summed E-state index contributed by atoms with van der Waals surface area (Å²) >= 11 is 3.56. The molecule has 1 aromatic carbocycles. The first-order chi connectivity index (χ1) is 9.31. The van der Waals surface area contributed by atoms with Crippen molar-refractivity contribution in [1.29, 1.82) is 0 Å². The lowest BCUT2D eigenvalue weighted by Crippen LogP contribution is -2.19. The van der Waals surface area contributed by atoms with Gasteiger partial charge in [0.25, 0.3) is 0 Å². The first-order valence-electron chi connectivity index (χ1n) is 6.89. The van der Waals surface area contributed by atoms with Gasteiger partial charge < -0.3 is 9.73 Å². The van der Waals surface area contributed by atoms with E-state index >= 15 is 0 Å². The number of furan rings is 1. The first-order valence-corrected chi connectivity index (χ1v) is 7.69. The highest BCUT2D eigenvalue weighted by molar-refractivity contribution is 9.10. The normalized spacial score (nSPS) is 17.7. The van der Waals surface area contributed by atoms with Gasteiger partial charge in [-0.05, 0) is 58.9 Å². The van der Waals surface area contributed by atoms with E-state index in [4.69, 9.17) is 4.42 Å². The van der Waals surface area contributed by atoms with Crippen LogP contribution in [-0.4, -0.2) is 6.54 Å². The number of hydrogen-bond acceptors (Lipinski definition) is 2. The fraction of sp³-hybridized carbons (Fsp3) is 0.375. The van der Waals surface area contributed by atoms with Crippen molar-refractivity contribution in [2.45, 2.75) is 32.2 Å². The molecule has 1 aliphatic rings. The zero-order chi connectivity index (χ0) is 13.2. The van der Waals surface area contributed by atoms with Gasteiger partial charge in [0.15, 0.2) is 0 Å². The number of fused-ring (bicyclic) bond motifs is 1. The van der Waals surface area contributed by atoms with Gasteiger partial charge in [-0.25, -0.2) is 0 Å². The highest BCUT2D eigenvalue weighted by Crippen LogP contribution is 2.40. The van der Waals surface area contributed by atoms with Gasteiger partial charge >= 0.3 is 0 Å². The van der Waals surface area contributed by atoms with E-state index in [1.54, 1.807) is 6.26 Å². The van der Waals surface area contributed by atoms with Crippen LogP contribution < -0.4 is 5.32 Å². The molecule has 2 aromatic rings. The standard InChI is InChI=1S/C16H18BrNO/c1-2-9-18-15-7-6-11-12(15)4-3-5-13(11)16-14(17)8-10-19-16/h3-5,8,10,15,18H,2,6-7,9H2,1H3. The molecule has 1 heterocycles. The van der Waals surface area contributed by atoms with Crippen LogP contribution in [-0.2, 0) is 6.42 Å². The van der Waals surface area contributed by atoms with Crippen LogP contribution in [0.5, 0.6) is 0 Å². The minimum absolute atomic E-state index is 0.503. The summed E-state index contributed by atoms with van der Waals surface area (Å²) in [5.41, 5.74) is 4.11. The Kier molecular flexibility index (Phi) is 3.76. The molecule has 100 valence electrons. The molecule has 19 heavy (non-hydrogen) atoms. The fourth-order valence-corrected chi connectivity index (χ4v) is 3.30. The monoisotopic (exact) mass is 319 g/mol. The van der Waals surface area contributed by atoms with Crippen molar-refractivity contribution >= 4 is 15.9 Å². The average molecular weight is 320 g/mol. The first kappa shape index (κ1) is 12.9. The molecule has 1 atom stereocenters. The summed E-state index contributed by atoms with van der Waals surface area (Å²) in [6, 6.07) is 9.00. The van der Waals surface area contributed by atoms with E-state index in [2.05, 4.69) is 46.4 Å². The molecule has 1 aliphatic carbocycles. The van der Waals surface area contributed by atoms with Gasteiger partial charge in [-0.3, -0.25) is 0 Å². The molecule has 0 aliphatic heterocycles. The number of hydrogen-bond donors (Lipinski definition) is 1. The molecule has 1 unspecified atom stereocenters. The fourth-order valence-electron chi connectivity index (χ4n) is 2.88. The van der Waals surface area contributed by atoms with Gasteiger partial charge in [0, 0.05) is 11.6 Å². The van der Waals surface area contributed by atoms with Crippen molar-refractivity contribution < 1.29 is 4.42 Å². The van der Waals surface area contributed by atoms with E-state index in [0.29, 0.717) is 6.04 Å². The van der Waals surface area contributed by atoms with Crippen molar-refractivity contribution in [2.24, 2.45) is 0 Å². The Bertz CT molecular complexity index is 576. The summed E-state index contributed by atoms with van der Waals surface area (Å²) < 4.78 is 6.66. The lowest BCUT2D eigenvalue weighted by Gasteiger charge is -2.14. The number of rotatable bonds is 4. The summed E-state index contributed by atoms with van der Waals surface area (Å²) in [6.07, 6.45) is 5.22. The minimum Gasteiger partial charge on any atom is -0.463 e. The smallest absolute Gasteiger partial charge is 0.148 e. The molecule has 1 N–H and O–H groups in total. The Morgan fingerprint density at radius 3 is 3.00 bits per heavy atom. The van der Waals surface area contributed by atoms with Crippen molar-refractivity contribution in [3.63, 3.8) is 0 Å². The molecule has 2 nitrogen and oxygen atoms in total. The molecule has 0 spiro atoms. The summed E-state index contributed by atoms with van der Waals surface area (Å²) in [6.45, 7) is 3.29. The molecular formula is C16H18BrNO. The van der Waals surface area contributed by atoms with Crippen LogP contribution in [0, 0.1) is 0 Å². The maximum atomic E-state index is 5.62. The highest BCUT2D eigenvalue weighted by atomic mass is 79.9. The van der Waals surface area contributed by atoms with Crippen LogP contribution in [0.15, 0.2) is 39.4 Å². The SMILES string of the molecule is CCCNC1CCc2c(-c3occc3Br)cccc21. The lowest BCUT2D eigenvalue weighted by atomic mass is 10.0. The Labute approximate surface area is 122 Å². The maximum Gasteiger partial charge on any atom is 0.148 e. The van der Waals surface area contributed by atoms with E-state index < -0.39 is 0 Å². The van der Waals surface area contributed by atoms with Crippen LogP contribution in [0.2, 0.25) is 0 Å². The van der Waals surface area contributed by atoms with E-state index in [9.17, 15) is 0 Å². The summed E-state index contributed by atoms with van der Waals surface area (Å²) in [4.78, 5) is 0. The predicted molar refractivity (Wildman–Crippen MR) is 81.2 cm³/mol. The number of benzene rings is 1. The molecule has 3 heteroatoms. The number of nitrogens with one attached hydrogen (secondary N) is 1. The molecular weight excluding hydrogens is 302 g/mol. The lowest BCUT2D eigenvalue weighted by molar-refractivity contribution is 0.529. The second kappa shape index (κ2) is 5.51. The molecule has 0 amide bonds. The predicted octanol–water partition coefficient (Wildman–Crippen LogP) is 4.70. The average Bonchev–Trinajstić information content (AvgIpc) is 3.02. The van der Waals surface area contributed by atoms with Gasteiger partial charge in [0.05, 0.1) is 10.7 Å². The Morgan fingerprint density at radius 1 is 1.37 bits per heavy atom. The third kappa shape index (κ3) is 2.37. The van der Waals surface area contributed by atoms with Crippen LogP contribution in [0.25, 0.3) is 11.3 Å². The highest BCUT2D eigenvalue weighted by Gasteiger charge is 2.25. The Morgan fingerprint density at radius 2 is 2.26 bits per heavy atom. The van der Waals surface area contributed by atoms with Gasteiger partial charge in [0.1, 0.15) is 5.76 Å². The molecule has 0 saturated carbocycles. The summed E-state index contributed by atoms with van der Waals surface area (Å²) in [5, 5.41) is 3.63. The third-order valence-electron chi connectivity index (χ3n) is 3.77. The van der Waals surface area contributed by atoms with Crippen LogP contribution >= 0.6 is 15.9 Å². The van der Waals surface area contributed by atoms with Crippen molar-refractivity contribution in [1.82, 2.24) is 5.32 Å². The van der Waals surface area contributed by atoms with E-state index in [1.165, 1.54) is 29.5 Å². The summed E-state index contributed by atoms with van der Waals surface area (Å²) in [7, 11) is 0. The van der Waals surface area contributed by atoms with Crippen LogP contribution in [0.4, 0.5) is 0 Å².